The van der Waals surface area contributed by atoms with Crippen molar-refractivity contribution in [2.75, 3.05) is 0 Å². The van der Waals surface area contributed by atoms with Crippen LogP contribution in [-0.2, 0) is 4.74 Å². The van der Waals surface area contributed by atoms with E-state index in [4.69, 9.17) is 16.3 Å². The quantitative estimate of drug-likeness (QED) is 0.688. The molecule has 1 heterocycles. The number of nitrogens with zero attached hydrogens (tertiary/aromatic N) is 4. The zero-order valence-corrected chi connectivity index (χ0v) is 13.0. The van der Waals surface area contributed by atoms with Crippen LogP contribution in [0.2, 0.25) is 5.02 Å². The molecule has 0 saturated heterocycles. The van der Waals surface area contributed by atoms with Crippen LogP contribution in [-0.4, -0.2) is 26.2 Å². The predicted octanol–water partition coefficient (Wildman–Crippen LogP) is 3.23. The number of rotatable bonds is 4. The second kappa shape index (κ2) is 6.58. The molecule has 0 radical (unpaired) electrons. The summed E-state index contributed by atoms with van der Waals surface area (Å²) < 4.78 is 6.96. The monoisotopic (exact) mass is 328 g/mol. The highest BCUT2D eigenvalue weighted by Gasteiger charge is 2.16. The van der Waals surface area contributed by atoms with Crippen LogP contribution in [0.1, 0.15) is 28.9 Å². The van der Waals surface area contributed by atoms with Gasteiger partial charge < -0.3 is 4.74 Å². The zero-order chi connectivity index (χ0) is 16.2. The average molecular weight is 329 g/mol. The third-order valence-corrected chi connectivity index (χ3v) is 3.69. The Morgan fingerprint density at radius 1 is 1.17 bits per heavy atom. The Morgan fingerprint density at radius 3 is 2.57 bits per heavy atom. The van der Waals surface area contributed by atoms with E-state index in [1.165, 1.54) is 11.0 Å². The Balaban J connectivity index is 1.72. The standard InChI is InChI=1S/C16H13ClN4O2/c1-11(14-4-2-3-5-15(14)17)23-16(22)12-6-8-13(9-7-12)21-10-18-19-20-21/h2-11H,1H3/t11-/m0/s1. The summed E-state index contributed by atoms with van der Waals surface area (Å²) in [5.74, 6) is -0.416. The SMILES string of the molecule is C[C@H](OC(=O)c1ccc(-n2cnnn2)cc1)c1ccccc1Cl. The number of aromatic nitrogens is 4. The van der Waals surface area contributed by atoms with Crippen molar-refractivity contribution >= 4 is 17.6 Å². The summed E-state index contributed by atoms with van der Waals surface area (Å²) in [6.07, 6.45) is 1.04. The maximum Gasteiger partial charge on any atom is 0.338 e. The molecule has 116 valence electrons. The number of hydrogen-bond acceptors (Lipinski definition) is 5. The molecule has 1 aromatic heterocycles. The largest absolute Gasteiger partial charge is 0.454 e. The average Bonchev–Trinajstić information content (AvgIpc) is 3.09. The van der Waals surface area contributed by atoms with Crippen LogP contribution in [0.4, 0.5) is 0 Å². The summed E-state index contributed by atoms with van der Waals surface area (Å²) in [6, 6.07) is 14.1. The van der Waals surface area contributed by atoms with Crippen LogP contribution in [0.3, 0.4) is 0 Å². The molecular weight excluding hydrogens is 316 g/mol. The first-order chi connectivity index (χ1) is 11.1. The Labute approximate surface area is 137 Å². The van der Waals surface area contributed by atoms with Gasteiger partial charge in [0.15, 0.2) is 0 Å². The number of benzene rings is 2. The lowest BCUT2D eigenvalue weighted by atomic mass is 10.1. The molecule has 1 atom stereocenters. The van der Waals surface area contributed by atoms with Gasteiger partial charge in [-0.15, -0.1) is 5.10 Å². The number of esters is 1. The lowest BCUT2D eigenvalue weighted by molar-refractivity contribution is 0.0338. The van der Waals surface area contributed by atoms with Gasteiger partial charge in [0.1, 0.15) is 12.4 Å². The topological polar surface area (TPSA) is 69.9 Å². The van der Waals surface area contributed by atoms with Crippen LogP contribution in [0, 0.1) is 0 Å². The molecular formula is C16H13ClN4O2. The van der Waals surface area contributed by atoms with Crippen molar-refractivity contribution < 1.29 is 9.53 Å². The molecule has 0 N–H and O–H groups in total. The molecule has 3 rings (SSSR count). The van der Waals surface area contributed by atoms with Crippen LogP contribution in [0.5, 0.6) is 0 Å². The molecule has 0 fully saturated rings. The Kier molecular flexibility index (Phi) is 4.34. The number of tetrazole rings is 1. The molecule has 7 heteroatoms. The first-order valence-electron chi connectivity index (χ1n) is 6.94. The fraction of sp³-hybridized carbons (Fsp3) is 0.125. The smallest absolute Gasteiger partial charge is 0.338 e. The predicted molar refractivity (Wildman–Crippen MR) is 84.4 cm³/mol. The van der Waals surface area contributed by atoms with E-state index in [1.54, 1.807) is 37.3 Å². The minimum atomic E-state index is -0.435. The Bertz CT molecular complexity index is 803. The summed E-state index contributed by atoms with van der Waals surface area (Å²) in [6.45, 7) is 1.79. The zero-order valence-electron chi connectivity index (χ0n) is 12.3. The highest BCUT2D eigenvalue weighted by molar-refractivity contribution is 6.31. The minimum absolute atomic E-state index is 0.416. The van der Waals surface area contributed by atoms with E-state index >= 15 is 0 Å². The second-order valence-electron chi connectivity index (χ2n) is 4.87. The van der Waals surface area contributed by atoms with E-state index in [9.17, 15) is 4.79 Å². The number of halogens is 1. The molecule has 0 aliphatic heterocycles. The molecule has 0 aliphatic rings. The summed E-state index contributed by atoms with van der Waals surface area (Å²) in [4.78, 5) is 12.2. The fourth-order valence-electron chi connectivity index (χ4n) is 2.13. The van der Waals surface area contributed by atoms with Crippen molar-refractivity contribution in [1.82, 2.24) is 20.2 Å². The van der Waals surface area contributed by atoms with Gasteiger partial charge >= 0.3 is 5.97 Å². The fourth-order valence-corrected chi connectivity index (χ4v) is 2.42. The van der Waals surface area contributed by atoms with Crippen molar-refractivity contribution in [2.24, 2.45) is 0 Å². The third-order valence-electron chi connectivity index (χ3n) is 3.34. The van der Waals surface area contributed by atoms with Crippen LogP contribution >= 0.6 is 11.6 Å². The molecule has 0 spiro atoms. The van der Waals surface area contributed by atoms with E-state index < -0.39 is 12.1 Å². The maximum absolute atomic E-state index is 12.2. The van der Waals surface area contributed by atoms with E-state index in [1.807, 2.05) is 18.2 Å². The summed E-state index contributed by atoms with van der Waals surface area (Å²) >= 11 is 6.11. The molecule has 3 aromatic rings. The molecule has 0 unspecified atom stereocenters. The van der Waals surface area contributed by atoms with Crippen LogP contribution in [0.25, 0.3) is 5.69 Å². The molecule has 2 aromatic carbocycles. The lowest BCUT2D eigenvalue weighted by Gasteiger charge is -2.15. The normalized spacial score (nSPS) is 11.9. The summed E-state index contributed by atoms with van der Waals surface area (Å²) in [5.41, 5.74) is 1.97. The van der Waals surface area contributed by atoms with Crippen molar-refractivity contribution in [3.05, 3.63) is 71.0 Å². The van der Waals surface area contributed by atoms with Crippen molar-refractivity contribution in [1.29, 1.82) is 0 Å². The van der Waals surface area contributed by atoms with Gasteiger partial charge in [0.05, 0.1) is 11.3 Å². The highest BCUT2D eigenvalue weighted by Crippen LogP contribution is 2.25. The van der Waals surface area contributed by atoms with Gasteiger partial charge in [-0.3, -0.25) is 0 Å². The minimum Gasteiger partial charge on any atom is -0.454 e. The van der Waals surface area contributed by atoms with Gasteiger partial charge in [0.2, 0.25) is 0 Å². The Morgan fingerprint density at radius 2 is 1.91 bits per heavy atom. The first-order valence-corrected chi connectivity index (χ1v) is 7.32. The number of ether oxygens (including phenoxy) is 1. The van der Waals surface area contributed by atoms with Crippen LogP contribution < -0.4 is 0 Å². The number of carbonyl (C=O) groups is 1. The van der Waals surface area contributed by atoms with E-state index in [-0.39, 0.29) is 0 Å². The van der Waals surface area contributed by atoms with E-state index in [2.05, 4.69) is 15.5 Å². The highest BCUT2D eigenvalue weighted by atomic mass is 35.5. The third kappa shape index (κ3) is 3.37. The molecule has 6 nitrogen and oxygen atoms in total. The number of carbonyl (C=O) groups excluding carboxylic acids is 1. The van der Waals surface area contributed by atoms with Gasteiger partial charge in [-0.2, -0.15) is 0 Å². The van der Waals surface area contributed by atoms with Gasteiger partial charge in [0, 0.05) is 10.6 Å². The lowest BCUT2D eigenvalue weighted by Crippen LogP contribution is -2.09. The molecule has 0 bridgehead atoms. The summed E-state index contributed by atoms with van der Waals surface area (Å²) in [5, 5.41) is 11.5. The first kappa shape index (κ1) is 15.2. The van der Waals surface area contributed by atoms with E-state index in [0.717, 1.165) is 11.3 Å². The van der Waals surface area contributed by atoms with Crippen molar-refractivity contribution in [3.8, 4) is 5.69 Å². The van der Waals surface area contributed by atoms with E-state index in [0.29, 0.717) is 10.6 Å². The molecule has 0 amide bonds. The van der Waals surface area contributed by atoms with Crippen LogP contribution in [0.15, 0.2) is 54.9 Å². The summed E-state index contributed by atoms with van der Waals surface area (Å²) in [7, 11) is 0. The van der Waals surface area contributed by atoms with Gasteiger partial charge in [0.25, 0.3) is 0 Å². The van der Waals surface area contributed by atoms with Gasteiger partial charge in [-0.1, -0.05) is 29.8 Å². The second-order valence-corrected chi connectivity index (χ2v) is 5.28. The van der Waals surface area contributed by atoms with Gasteiger partial charge in [-0.05, 0) is 47.7 Å². The van der Waals surface area contributed by atoms with Crippen molar-refractivity contribution in [2.45, 2.75) is 13.0 Å². The molecule has 0 aliphatic carbocycles. The molecule has 23 heavy (non-hydrogen) atoms. The number of hydrogen-bond donors (Lipinski definition) is 0. The van der Waals surface area contributed by atoms with Crippen molar-refractivity contribution in [3.63, 3.8) is 0 Å². The Hall–Kier alpha value is -2.73. The molecule has 0 saturated carbocycles. The maximum atomic E-state index is 12.2. The van der Waals surface area contributed by atoms with Gasteiger partial charge in [-0.25, -0.2) is 9.48 Å².